The van der Waals surface area contributed by atoms with E-state index >= 15 is 0 Å². The van der Waals surface area contributed by atoms with Gasteiger partial charge in [0.05, 0.1) is 11.5 Å². The number of rotatable bonds is 4. The largest absolute Gasteiger partial charge is 0.481 e. The van der Waals surface area contributed by atoms with Gasteiger partial charge in [0.1, 0.15) is 5.15 Å². The maximum atomic E-state index is 14.1. The van der Waals surface area contributed by atoms with E-state index in [9.17, 15) is 19.1 Å². The van der Waals surface area contributed by atoms with Crippen LogP contribution in [0.3, 0.4) is 0 Å². The van der Waals surface area contributed by atoms with Crippen LogP contribution in [-0.4, -0.2) is 33.2 Å². The van der Waals surface area contributed by atoms with E-state index in [-0.39, 0.29) is 22.8 Å². The molecule has 0 radical (unpaired) electrons. The Hall–Kier alpha value is -1.89. The van der Waals surface area contributed by atoms with Crippen LogP contribution in [0.1, 0.15) is 36.0 Å². The van der Waals surface area contributed by atoms with Gasteiger partial charge in [-0.2, -0.15) is 0 Å². The monoisotopic (exact) mass is 342 g/mol. The highest BCUT2D eigenvalue weighted by molar-refractivity contribution is 6.32. The van der Waals surface area contributed by atoms with Crippen molar-refractivity contribution in [3.8, 4) is 0 Å². The summed E-state index contributed by atoms with van der Waals surface area (Å²) in [6, 6.07) is 0.380. The number of nitrogens with one attached hydrogen (secondary N) is 1. The Kier molecular flexibility index (Phi) is 4.14. The summed E-state index contributed by atoms with van der Waals surface area (Å²) < 4.78 is 14.1. The third-order valence-electron chi connectivity index (χ3n) is 4.97. The molecule has 0 aliphatic heterocycles. The smallest absolute Gasteiger partial charge is 0.338 e. The molecular formula is C15H16ClFN2O4. The molecule has 3 aliphatic carbocycles. The van der Waals surface area contributed by atoms with Crippen molar-refractivity contribution in [2.45, 2.75) is 31.7 Å². The first-order valence-corrected chi connectivity index (χ1v) is 7.85. The van der Waals surface area contributed by atoms with Crippen LogP contribution in [0.2, 0.25) is 5.15 Å². The maximum absolute atomic E-state index is 14.1. The van der Waals surface area contributed by atoms with Gasteiger partial charge >= 0.3 is 11.9 Å². The molecule has 0 aromatic carbocycles. The van der Waals surface area contributed by atoms with Crippen LogP contribution in [0, 0.1) is 23.6 Å². The predicted octanol–water partition coefficient (Wildman–Crippen LogP) is 2.87. The normalized spacial score (nSPS) is 29.3. The third-order valence-corrected chi connectivity index (χ3v) is 5.26. The summed E-state index contributed by atoms with van der Waals surface area (Å²) in [5.41, 5.74) is -0.422. The lowest BCUT2D eigenvalue weighted by molar-refractivity contribution is -0.148. The lowest BCUT2D eigenvalue weighted by atomic mass is 9.61. The fourth-order valence-corrected chi connectivity index (χ4v) is 4.11. The van der Waals surface area contributed by atoms with Crippen LogP contribution < -0.4 is 5.32 Å². The zero-order valence-corrected chi connectivity index (χ0v) is 12.9. The van der Waals surface area contributed by atoms with Crippen LogP contribution in [0.15, 0.2) is 6.07 Å². The van der Waals surface area contributed by atoms with Gasteiger partial charge in [-0.1, -0.05) is 11.6 Å². The van der Waals surface area contributed by atoms with Crippen molar-refractivity contribution in [3.05, 3.63) is 22.6 Å². The minimum Gasteiger partial charge on any atom is -0.481 e. The molecule has 2 bridgehead atoms. The van der Waals surface area contributed by atoms with Gasteiger partial charge in [0.2, 0.25) is 0 Å². The SMILES string of the molecule is O=C(O)c1cc(F)c(NC2C3CCC(CC3)C2C(=O)O)nc1Cl. The lowest BCUT2D eigenvalue weighted by Gasteiger charge is -2.47. The average molecular weight is 343 g/mol. The van der Waals surface area contributed by atoms with Gasteiger partial charge in [-0.05, 0) is 43.6 Å². The van der Waals surface area contributed by atoms with E-state index in [1.807, 2.05) is 0 Å². The molecule has 23 heavy (non-hydrogen) atoms. The molecule has 2 unspecified atom stereocenters. The van der Waals surface area contributed by atoms with Gasteiger partial charge < -0.3 is 15.5 Å². The van der Waals surface area contributed by atoms with Crippen LogP contribution in [0.25, 0.3) is 0 Å². The molecule has 3 aliphatic rings. The zero-order chi connectivity index (χ0) is 16.7. The second-order valence-corrected chi connectivity index (χ2v) is 6.53. The lowest BCUT2D eigenvalue weighted by Crippen LogP contribution is -2.51. The molecule has 0 spiro atoms. The highest BCUT2D eigenvalue weighted by Gasteiger charge is 2.47. The molecule has 3 fully saturated rings. The number of aromatic nitrogens is 1. The number of aliphatic carboxylic acids is 1. The van der Waals surface area contributed by atoms with E-state index in [1.165, 1.54) is 0 Å². The maximum Gasteiger partial charge on any atom is 0.338 e. The summed E-state index contributed by atoms with van der Waals surface area (Å²) >= 11 is 5.78. The molecule has 0 saturated heterocycles. The molecule has 3 N–H and O–H groups in total. The van der Waals surface area contributed by atoms with E-state index in [0.717, 1.165) is 31.7 Å². The summed E-state index contributed by atoms with van der Waals surface area (Å²) in [7, 11) is 0. The number of carboxylic acid groups (broad SMARTS) is 2. The molecule has 1 aromatic rings. The molecule has 8 heteroatoms. The third kappa shape index (κ3) is 2.85. The predicted molar refractivity (Wildman–Crippen MR) is 80.1 cm³/mol. The average Bonchev–Trinajstić information content (AvgIpc) is 2.51. The topological polar surface area (TPSA) is 99.5 Å². The number of hydrogen-bond acceptors (Lipinski definition) is 4. The van der Waals surface area contributed by atoms with E-state index in [1.54, 1.807) is 0 Å². The van der Waals surface area contributed by atoms with Crippen molar-refractivity contribution >= 4 is 29.4 Å². The number of hydrogen-bond donors (Lipinski definition) is 3. The summed E-state index contributed by atoms with van der Waals surface area (Å²) in [6.45, 7) is 0. The molecule has 2 atom stereocenters. The van der Waals surface area contributed by atoms with Gasteiger partial charge in [-0.15, -0.1) is 0 Å². The van der Waals surface area contributed by atoms with Gasteiger partial charge in [0.15, 0.2) is 11.6 Å². The Morgan fingerprint density at radius 2 is 1.83 bits per heavy atom. The van der Waals surface area contributed by atoms with Crippen molar-refractivity contribution < 1.29 is 24.2 Å². The Balaban J connectivity index is 1.90. The van der Waals surface area contributed by atoms with Gasteiger partial charge in [0, 0.05) is 6.04 Å². The summed E-state index contributed by atoms with van der Waals surface area (Å²) in [5, 5.41) is 21.0. The van der Waals surface area contributed by atoms with Crippen LogP contribution in [0.4, 0.5) is 10.2 Å². The van der Waals surface area contributed by atoms with Crippen molar-refractivity contribution in [2.24, 2.45) is 17.8 Å². The van der Waals surface area contributed by atoms with Crippen LogP contribution >= 0.6 is 11.6 Å². The number of halogens is 2. The zero-order valence-electron chi connectivity index (χ0n) is 12.1. The van der Waals surface area contributed by atoms with Crippen molar-refractivity contribution in [1.29, 1.82) is 0 Å². The first-order chi connectivity index (χ1) is 10.9. The van der Waals surface area contributed by atoms with E-state index in [2.05, 4.69) is 10.3 Å². The number of anilines is 1. The van der Waals surface area contributed by atoms with Crippen LogP contribution in [0.5, 0.6) is 0 Å². The fraction of sp³-hybridized carbons (Fsp3) is 0.533. The molecule has 1 heterocycles. The van der Waals surface area contributed by atoms with E-state index in [4.69, 9.17) is 16.7 Å². The number of carboxylic acids is 2. The first-order valence-electron chi connectivity index (χ1n) is 7.47. The number of aromatic carboxylic acids is 1. The van der Waals surface area contributed by atoms with Crippen molar-refractivity contribution in [1.82, 2.24) is 4.98 Å². The van der Waals surface area contributed by atoms with Crippen LogP contribution in [-0.2, 0) is 4.79 Å². The van der Waals surface area contributed by atoms with Gasteiger partial charge in [-0.3, -0.25) is 4.79 Å². The molecule has 124 valence electrons. The fourth-order valence-electron chi connectivity index (χ4n) is 3.89. The number of fused-ring (bicyclic) bond motifs is 3. The summed E-state index contributed by atoms with van der Waals surface area (Å²) in [4.78, 5) is 26.3. The molecule has 1 aromatic heterocycles. The first kappa shape index (κ1) is 16.0. The number of carbonyl (C=O) groups is 2. The molecule has 4 rings (SSSR count). The Morgan fingerprint density at radius 1 is 1.22 bits per heavy atom. The Bertz CT molecular complexity index is 661. The summed E-state index contributed by atoms with van der Waals surface area (Å²) in [5.74, 6) is -3.69. The highest BCUT2D eigenvalue weighted by atomic mass is 35.5. The number of nitrogens with zero attached hydrogens (tertiary/aromatic N) is 1. The highest BCUT2D eigenvalue weighted by Crippen LogP contribution is 2.46. The number of pyridine rings is 1. The van der Waals surface area contributed by atoms with Gasteiger partial charge in [0.25, 0.3) is 0 Å². The van der Waals surface area contributed by atoms with E-state index < -0.39 is 35.3 Å². The Labute approximate surface area is 136 Å². The quantitative estimate of drug-likeness (QED) is 0.727. The molecule has 3 saturated carbocycles. The summed E-state index contributed by atoms with van der Waals surface area (Å²) in [6.07, 6.45) is 3.53. The minimum atomic E-state index is -1.37. The standard InChI is InChI=1S/C15H16ClFN2O4/c16-12-8(14(20)21)5-9(17)13(19-12)18-11-7-3-1-6(2-4-7)10(11)15(22)23/h5-7,10-11H,1-4H2,(H,18,19)(H,20,21)(H,22,23). The molecule has 6 nitrogen and oxygen atoms in total. The second kappa shape index (κ2) is 5.96. The van der Waals surface area contributed by atoms with Crippen molar-refractivity contribution in [2.75, 3.05) is 5.32 Å². The minimum absolute atomic E-state index is 0.0758. The van der Waals surface area contributed by atoms with Crippen molar-refractivity contribution in [3.63, 3.8) is 0 Å². The molecular weight excluding hydrogens is 327 g/mol. The van der Waals surface area contributed by atoms with Gasteiger partial charge in [-0.25, -0.2) is 14.2 Å². The van der Waals surface area contributed by atoms with E-state index in [0.29, 0.717) is 0 Å². The second-order valence-electron chi connectivity index (χ2n) is 6.17. The Morgan fingerprint density at radius 3 is 2.39 bits per heavy atom. The molecule has 0 amide bonds.